The number of aromatic nitrogens is 1. The lowest BCUT2D eigenvalue weighted by molar-refractivity contribution is 0.0280. The number of esters is 1. The van der Waals surface area contributed by atoms with Gasteiger partial charge in [-0.1, -0.05) is 59.7 Å². The summed E-state index contributed by atoms with van der Waals surface area (Å²) in [4.78, 5) is 30.3. The SMILES string of the molecule is Cc1ccc(C(=O)[C@@H](OC(=O)c2ccc3ncsc3c2)c2ccc(C)cc2)cc1. The molecule has 3 aromatic carbocycles. The summed E-state index contributed by atoms with van der Waals surface area (Å²) in [6, 6.07) is 19.9. The van der Waals surface area contributed by atoms with Crippen molar-refractivity contribution in [3.05, 3.63) is 100 Å². The van der Waals surface area contributed by atoms with Crippen LogP contribution in [0.2, 0.25) is 0 Å². The number of rotatable bonds is 5. The molecule has 0 amide bonds. The van der Waals surface area contributed by atoms with E-state index >= 15 is 0 Å². The molecule has 0 aliphatic carbocycles. The third-order valence-electron chi connectivity index (χ3n) is 4.75. The first-order valence-electron chi connectivity index (χ1n) is 9.23. The highest BCUT2D eigenvalue weighted by Crippen LogP contribution is 2.26. The molecule has 4 aromatic rings. The lowest BCUT2D eigenvalue weighted by Gasteiger charge is -2.18. The number of thiazole rings is 1. The van der Waals surface area contributed by atoms with E-state index in [-0.39, 0.29) is 5.78 Å². The maximum atomic E-state index is 13.2. The van der Waals surface area contributed by atoms with E-state index in [0.29, 0.717) is 16.7 Å². The Hall–Kier alpha value is -3.31. The Morgan fingerprint density at radius 2 is 1.48 bits per heavy atom. The summed E-state index contributed by atoms with van der Waals surface area (Å²) in [5.74, 6) is -0.785. The number of aryl methyl sites for hydroxylation is 2. The first kappa shape index (κ1) is 19.0. The molecule has 0 aliphatic rings. The first-order chi connectivity index (χ1) is 14.0. The van der Waals surface area contributed by atoms with Crippen LogP contribution in [0.15, 0.2) is 72.2 Å². The van der Waals surface area contributed by atoms with Crippen molar-refractivity contribution >= 4 is 33.3 Å². The van der Waals surface area contributed by atoms with E-state index < -0.39 is 12.1 Å². The highest BCUT2D eigenvalue weighted by Gasteiger charge is 2.27. The van der Waals surface area contributed by atoms with Gasteiger partial charge in [-0.15, -0.1) is 11.3 Å². The number of ketones is 1. The van der Waals surface area contributed by atoms with E-state index in [1.165, 1.54) is 11.3 Å². The number of nitrogens with zero attached hydrogens (tertiary/aromatic N) is 1. The molecular formula is C24H19NO3S. The largest absolute Gasteiger partial charge is 0.445 e. The van der Waals surface area contributed by atoms with Crippen molar-refractivity contribution in [2.75, 3.05) is 0 Å². The van der Waals surface area contributed by atoms with E-state index in [1.807, 2.05) is 50.2 Å². The molecule has 4 rings (SSSR count). The lowest BCUT2D eigenvalue weighted by Crippen LogP contribution is -2.20. The van der Waals surface area contributed by atoms with Crippen LogP contribution in [0.3, 0.4) is 0 Å². The molecule has 0 fully saturated rings. The highest BCUT2D eigenvalue weighted by atomic mass is 32.1. The van der Waals surface area contributed by atoms with Crippen molar-refractivity contribution in [1.29, 1.82) is 0 Å². The maximum Gasteiger partial charge on any atom is 0.339 e. The minimum atomic E-state index is -1.01. The third-order valence-corrected chi connectivity index (χ3v) is 5.54. The molecule has 0 bridgehead atoms. The molecule has 0 saturated carbocycles. The van der Waals surface area contributed by atoms with Crippen LogP contribution >= 0.6 is 11.3 Å². The van der Waals surface area contributed by atoms with Gasteiger partial charge in [-0.3, -0.25) is 4.79 Å². The smallest absolute Gasteiger partial charge is 0.339 e. The minimum Gasteiger partial charge on any atom is -0.445 e. The normalized spacial score (nSPS) is 11.9. The summed E-state index contributed by atoms with van der Waals surface area (Å²) in [6.07, 6.45) is -1.01. The van der Waals surface area contributed by atoms with Gasteiger partial charge in [-0.2, -0.15) is 0 Å². The van der Waals surface area contributed by atoms with Gasteiger partial charge < -0.3 is 4.74 Å². The second-order valence-corrected chi connectivity index (χ2v) is 7.85. The number of Topliss-reactive ketones (excluding diaryl/α,β-unsaturated/α-hetero) is 1. The fraction of sp³-hybridized carbons (Fsp3) is 0.125. The third kappa shape index (κ3) is 4.10. The second kappa shape index (κ2) is 7.97. The van der Waals surface area contributed by atoms with Gasteiger partial charge in [0.05, 0.1) is 21.3 Å². The summed E-state index contributed by atoms with van der Waals surface area (Å²) in [6.45, 7) is 3.93. The predicted molar refractivity (Wildman–Crippen MR) is 114 cm³/mol. The number of ether oxygens (including phenoxy) is 1. The van der Waals surface area contributed by atoms with E-state index in [2.05, 4.69) is 4.98 Å². The summed E-state index contributed by atoms with van der Waals surface area (Å²) >= 11 is 1.45. The molecule has 5 heteroatoms. The molecule has 0 unspecified atom stereocenters. The average Bonchev–Trinajstić information content (AvgIpc) is 3.20. The van der Waals surface area contributed by atoms with Crippen LogP contribution in [0, 0.1) is 13.8 Å². The Bertz CT molecular complexity index is 1180. The van der Waals surface area contributed by atoms with Crippen LogP contribution < -0.4 is 0 Å². The Morgan fingerprint density at radius 1 is 0.862 bits per heavy atom. The van der Waals surface area contributed by atoms with Crippen LogP contribution in [0.4, 0.5) is 0 Å². The zero-order valence-corrected chi connectivity index (χ0v) is 16.9. The number of carbonyl (C=O) groups excluding carboxylic acids is 2. The molecular weight excluding hydrogens is 382 g/mol. The van der Waals surface area contributed by atoms with E-state index in [0.717, 1.165) is 21.3 Å². The zero-order chi connectivity index (χ0) is 20.4. The summed E-state index contributed by atoms with van der Waals surface area (Å²) in [7, 11) is 0. The summed E-state index contributed by atoms with van der Waals surface area (Å²) < 4.78 is 6.63. The monoisotopic (exact) mass is 401 g/mol. The molecule has 0 spiro atoms. The van der Waals surface area contributed by atoms with Crippen molar-refractivity contribution in [1.82, 2.24) is 4.98 Å². The molecule has 0 radical (unpaired) electrons. The lowest BCUT2D eigenvalue weighted by atomic mass is 9.98. The Balaban J connectivity index is 1.67. The molecule has 1 atom stereocenters. The van der Waals surface area contributed by atoms with E-state index in [9.17, 15) is 9.59 Å². The topological polar surface area (TPSA) is 56.3 Å². The van der Waals surface area contributed by atoms with Gasteiger partial charge in [0.25, 0.3) is 0 Å². The van der Waals surface area contributed by atoms with Gasteiger partial charge >= 0.3 is 5.97 Å². The molecule has 0 saturated heterocycles. The number of hydrogen-bond acceptors (Lipinski definition) is 5. The molecule has 1 heterocycles. The van der Waals surface area contributed by atoms with Crippen LogP contribution in [0.25, 0.3) is 10.2 Å². The quantitative estimate of drug-likeness (QED) is 0.318. The van der Waals surface area contributed by atoms with Gasteiger partial charge in [-0.25, -0.2) is 9.78 Å². The minimum absolute atomic E-state index is 0.249. The van der Waals surface area contributed by atoms with Gasteiger partial charge in [0.1, 0.15) is 0 Å². The van der Waals surface area contributed by atoms with Crippen molar-refractivity contribution in [2.24, 2.45) is 0 Å². The fourth-order valence-corrected chi connectivity index (χ4v) is 3.76. The van der Waals surface area contributed by atoms with E-state index in [1.54, 1.807) is 35.8 Å². The van der Waals surface area contributed by atoms with Gasteiger partial charge in [0.2, 0.25) is 5.78 Å². The van der Waals surface area contributed by atoms with Crippen LogP contribution in [-0.4, -0.2) is 16.7 Å². The Labute approximate surface area is 172 Å². The standard InChI is InChI=1S/C24H19NO3S/c1-15-3-7-17(8-4-15)22(26)23(18-9-5-16(2)6-10-18)28-24(27)19-11-12-20-21(13-19)29-14-25-20/h3-14,23H,1-2H3/t23-/m0/s1. The van der Waals surface area contributed by atoms with Gasteiger partial charge in [0.15, 0.2) is 6.10 Å². The Kier molecular flexibility index (Phi) is 5.23. The first-order valence-corrected chi connectivity index (χ1v) is 10.1. The number of fused-ring (bicyclic) bond motifs is 1. The second-order valence-electron chi connectivity index (χ2n) is 6.96. The van der Waals surface area contributed by atoms with Crippen LogP contribution in [0.1, 0.15) is 43.5 Å². The number of carbonyl (C=O) groups is 2. The predicted octanol–water partition coefficient (Wildman–Crippen LogP) is 5.69. The van der Waals surface area contributed by atoms with Crippen LogP contribution in [0.5, 0.6) is 0 Å². The Morgan fingerprint density at radius 3 is 2.17 bits per heavy atom. The number of hydrogen-bond donors (Lipinski definition) is 0. The number of benzene rings is 3. The summed E-state index contributed by atoms with van der Waals surface area (Å²) in [5.41, 5.74) is 6.24. The molecule has 144 valence electrons. The average molecular weight is 401 g/mol. The van der Waals surface area contributed by atoms with Crippen molar-refractivity contribution in [3.63, 3.8) is 0 Å². The van der Waals surface area contributed by atoms with Gasteiger partial charge in [0, 0.05) is 11.1 Å². The molecule has 0 N–H and O–H groups in total. The van der Waals surface area contributed by atoms with Crippen molar-refractivity contribution in [3.8, 4) is 0 Å². The van der Waals surface area contributed by atoms with Gasteiger partial charge in [-0.05, 0) is 32.0 Å². The van der Waals surface area contributed by atoms with Crippen molar-refractivity contribution in [2.45, 2.75) is 20.0 Å². The highest BCUT2D eigenvalue weighted by molar-refractivity contribution is 7.16. The maximum absolute atomic E-state index is 13.2. The molecule has 1 aromatic heterocycles. The summed E-state index contributed by atoms with van der Waals surface area (Å²) in [5, 5.41) is 0. The zero-order valence-electron chi connectivity index (χ0n) is 16.1. The van der Waals surface area contributed by atoms with Crippen LogP contribution in [-0.2, 0) is 4.74 Å². The molecule has 4 nitrogen and oxygen atoms in total. The van der Waals surface area contributed by atoms with Crippen molar-refractivity contribution < 1.29 is 14.3 Å². The molecule has 0 aliphatic heterocycles. The fourth-order valence-electron chi connectivity index (χ4n) is 3.04. The van der Waals surface area contributed by atoms with E-state index in [4.69, 9.17) is 4.74 Å². The molecule has 29 heavy (non-hydrogen) atoms.